The van der Waals surface area contributed by atoms with Crippen LogP contribution in [0.5, 0.6) is 0 Å². The second kappa shape index (κ2) is 7.57. The van der Waals surface area contributed by atoms with E-state index >= 15 is 0 Å². The molecule has 6 heteroatoms. The van der Waals surface area contributed by atoms with Gasteiger partial charge in [0.2, 0.25) is 0 Å². The molecule has 34 heavy (non-hydrogen) atoms. The predicted octanol–water partition coefficient (Wildman–Crippen LogP) is 5.35. The van der Waals surface area contributed by atoms with Crippen LogP contribution < -0.4 is 4.90 Å². The average Bonchev–Trinajstić information content (AvgIpc) is 3.35. The lowest BCUT2D eigenvalue weighted by atomic mass is 9.65. The minimum absolute atomic E-state index is 0.0755. The quantitative estimate of drug-likeness (QED) is 0.526. The van der Waals surface area contributed by atoms with Gasteiger partial charge in [0.15, 0.2) is 5.17 Å². The Morgan fingerprint density at radius 2 is 1.65 bits per heavy atom. The Labute approximate surface area is 204 Å². The van der Waals surface area contributed by atoms with E-state index in [9.17, 15) is 9.59 Å². The summed E-state index contributed by atoms with van der Waals surface area (Å²) < 4.78 is 0. The summed E-state index contributed by atoms with van der Waals surface area (Å²) in [5.74, 6) is -0.358. The van der Waals surface area contributed by atoms with E-state index in [0.29, 0.717) is 10.5 Å². The maximum atomic E-state index is 14.0. The van der Waals surface area contributed by atoms with Crippen molar-refractivity contribution in [2.75, 3.05) is 18.0 Å². The zero-order chi connectivity index (χ0) is 23.7. The first-order chi connectivity index (χ1) is 16.3. The summed E-state index contributed by atoms with van der Waals surface area (Å²) >= 11 is 1.38. The number of nitrogens with zero attached hydrogens (tertiary/aromatic N) is 3. The molecule has 0 aromatic heterocycles. The molecule has 1 fully saturated rings. The molecule has 2 aromatic carbocycles. The standard InChI is InChI=1S/C28H29N3O2S/c1-27(2)17-28(3,18-11-6-4-7-12-18)20-14-10-13-19-21(25(33)31(27)22(19)20)23-24(32)29-26(34-23)30-15-8-5-9-16-30/h4,6-7,10-14H,5,8-9,15-17H2,1-3H3/b23-21-. The Bertz CT molecular complexity index is 1270. The molecule has 1 saturated heterocycles. The van der Waals surface area contributed by atoms with Crippen molar-refractivity contribution in [2.45, 2.75) is 57.4 Å². The maximum Gasteiger partial charge on any atom is 0.287 e. The molecule has 4 aliphatic heterocycles. The summed E-state index contributed by atoms with van der Waals surface area (Å²) in [6, 6.07) is 16.7. The molecule has 1 unspecified atom stereocenters. The van der Waals surface area contributed by atoms with E-state index in [0.717, 1.165) is 54.3 Å². The monoisotopic (exact) mass is 471 g/mol. The third kappa shape index (κ3) is 3.04. The molecule has 5 nitrogen and oxygen atoms in total. The summed E-state index contributed by atoms with van der Waals surface area (Å²) in [4.78, 5) is 36.1. The van der Waals surface area contributed by atoms with Crippen LogP contribution in [0.3, 0.4) is 0 Å². The highest BCUT2D eigenvalue weighted by Crippen LogP contribution is 2.57. The minimum Gasteiger partial charge on any atom is -0.351 e. The van der Waals surface area contributed by atoms with Crippen molar-refractivity contribution in [1.29, 1.82) is 0 Å². The first-order valence-corrected chi connectivity index (χ1v) is 13.0. The van der Waals surface area contributed by atoms with E-state index in [4.69, 9.17) is 0 Å². The number of likely N-dealkylation sites (tertiary alicyclic amines) is 1. The van der Waals surface area contributed by atoms with E-state index in [-0.39, 0.29) is 17.2 Å². The van der Waals surface area contributed by atoms with E-state index in [1.54, 1.807) is 0 Å². The first kappa shape index (κ1) is 21.7. The summed E-state index contributed by atoms with van der Waals surface area (Å²) in [6.45, 7) is 8.40. The Morgan fingerprint density at radius 3 is 2.38 bits per heavy atom. The lowest BCUT2D eigenvalue weighted by molar-refractivity contribution is -0.115. The van der Waals surface area contributed by atoms with Crippen LogP contribution in [0, 0.1) is 0 Å². The fourth-order valence-corrected chi connectivity index (χ4v) is 7.39. The highest BCUT2D eigenvalue weighted by molar-refractivity contribution is 8.18. The lowest BCUT2D eigenvalue weighted by Crippen LogP contribution is -2.54. The zero-order valence-corrected chi connectivity index (χ0v) is 20.7. The van der Waals surface area contributed by atoms with Gasteiger partial charge >= 0.3 is 0 Å². The van der Waals surface area contributed by atoms with Gasteiger partial charge in [-0.1, -0.05) is 55.5 Å². The summed E-state index contributed by atoms with van der Waals surface area (Å²) in [5, 5.41) is 0.749. The second-order valence-corrected chi connectivity index (χ2v) is 11.6. The number of anilines is 1. The number of aliphatic imine (C=N–C) groups is 1. The smallest absolute Gasteiger partial charge is 0.287 e. The van der Waals surface area contributed by atoms with E-state index in [1.807, 2.05) is 23.1 Å². The molecule has 4 heterocycles. The number of thioether (sulfide) groups is 1. The molecule has 0 N–H and O–H groups in total. The van der Waals surface area contributed by atoms with Crippen LogP contribution >= 0.6 is 11.8 Å². The van der Waals surface area contributed by atoms with Crippen molar-refractivity contribution in [1.82, 2.24) is 4.90 Å². The van der Waals surface area contributed by atoms with Gasteiger partial charge < -0.3 is 9.80 Å². The summed E-state index contributed by atoms with van der Waals surface area (Å²) in [7, 11) is 0. The first-order valence-electron chi connectivity index (χ1n) is 12.2. The fourth-order valence-electron chi connectivity index (χ4n) is 6.33. The third-order valence-electron chi connectivity index (χ3n) is 7.78. The van der Waals surface area contributed by atoms with Crippen LogP contribution in [0.15, 0.2) is 58.4 Å². The van der Waals surface area contributed by atoms with Gasteiger partial charge in [0.1, 0.15) is 0 Å². The number of para-hydroxylation sites is 1. The number of benzene rings is 2. The van der Waals surface area contributed by atoms with Crippen molar-refractivity contribution < 1.29 is 9.59 Å². The van der Waals surface area contributed by atoms with Crippen molar-refractivity contribution in [3.05, 3.63) is 70.1 Å². The molecule has 0 saturated carbocycles. The Balaban J connectivity index is 1.51. The van der Waals surface area contributed by atoms with Crippen molar-refractivity contribution >= 4 is 40.0 Å². The SMILES string of the molecule is CC1(c2ccccc2)CC(C)(C)N2C(=O)/C(=C3\SC(N4CCCCC4)=NC3=O)c3cccc1c32. The number of hydrogen-bond acceptors (Lipinski definition) is 4. The van der Waals surface area contributed by atoms with Crippen LogP contribution in [-0.4, -0.2) is 40.5 Å². The summed E-state index contributed by atoms with van der Waals surface area (Å²) in [6.07, 6.45) is 4.25. The van der Waals surface area contributed by atoms with Gasteiger partial charge in [0, 0.05) is 29.6 Å². The van der Waals surface area contributed by atoms with Crippen LogP contribution in [0.2, 0.25) is 0 Å². The Kier molecular flexibility index (Phi) is 4.82. The van der Waals surface area contributed by atoms with E-state index < -0.39 is 5.54 Å². The molecular formula is C28H29N3O2S. The largest absolute Gasteiger partial charge is 0.351 e. The molecule has 0 radical (unpaired) electrons. The Hall–Kier alpha value is -2.86. The number of rotatable bonds is 1. The molecule has 2 amide bonds. The van der Waals surface area contributed by atoms with Crippen LogP contribution in [-0.2, 0) is 15.0 Å². The van der Waals surface area contributed by atoms with Gasteiger partial charge in [-0.15, -0.1) is 0 Å². The zero-order valence-electron chi connectivity index (χ0n) is 19.9. The van der Waals surface area contributed by atoms with Gasteiger partial charge in [0.25, 0.3) is 11.8 Å². The highest BCUT2D eigenvalue weighted by Gasteiger charge is 2.53. The van der Waals surface area contributed by atoms with E-state index in [2.05, 4.69) is 61.0 Å². The second-order valence-electron chi connectivity index (χ2n) is 10.6. The van der Waals surface area contributed by atoms with Crippen molar-refractivity contribution in [2.24, 2.45) is 4.99 Å². The number of carbonyl (C=O) groups excluding carboxylic acids is 2. The molecular weight excluding hydrogens is 442 g/mol. The van der Waals surface area contributed by atoms with Crippen molar-refractivity contribution in [3.8, 4) is 0 Å². The third-order valence-corrected chi connectivity index (χ3v) is 8.90. The molecule has 0 aliphatic carbocycles. The lowest BCUT2D eigenvalue weighted by Gasteiger charge is -2.49. The maximum absolute atomic E-state index is 14.0. The number of amidine groups is 1. The highest BCUT2D eigenvalue weighted by atomic mass is 32.2. The average molecular weight is 472 g/mol. The molecule has 4 aliphatic rings. The number of amides is 2. The number of piperidine rings is 1. The molecule has 174 valence electrons. The molecule has 2 aromatic rings. The number of hydrogen-bond donors (Lipinski definition) is 0. The van der Waals surface area contributed by atoms with Gasteiger partial charge in [-0.25, -0.2) is 0 Å². The van der Waals surface area contributed by atoms with Gasteiger partial charge in [-0.05, 0) is 62.4 Å². The van der Waals surface area contributed by atoms with Crippen LogP contribution in [0.1, 0.15) is 63.1 Å². The van der Waals surface area contributed by atoms with Crippen LogP contribution in [0.25, 0.3) is 5.57 Å². The van der Waals surface area contributed by atoms with Gasteiger partial charge in [0.05, 0.1) is 16.2 Å². The number of carbonyl (C=O) groups is 2. The minimum atomic E-state index is -0.407. The normalized spacial score (nSPS) is 27.8. The molecule has 6 rings (SSSR count). The van der Waals surface area contributed by atoms with Crippen LogP contribution in [0.4, 0.5) is 5.69 Å². The van der Waals surface area contributed by atoms with Gasteiger partial charge in [-0.2, -0.15) is 4.99 Å². The van der Waals surface area contributed by atoms with Gasteiger partial charge in [-0.3, -0.25) is 9.59 Å². The molecule has 0 spiro atoms. The predicted molar refractivity (Wildman–Crippen MR) is 138 cm³/mol. The summed E-state index contributed by atoms with van der Waals surface area (Å²) in [5.41, 5.74) is 4.08. The fraction of sp³-hybridized carbons (Fsp3) is 0.393. The van der Waals surface area contributed by atoms with E-state index in [1.165, 1.54) is 23.7 Å². The molecule has 0 bridgehead atoms. The topological polar surface area (TPSA) is 53.0 Å². The molecule has 1 atom stereocenters. The van der Waals surface area contributed by atoms with Crippen molar-refractivity contribution in [3.63, 3.8) is 0 Å². The Morgan fingerprint density at radius 1 is 0.912 bits per heavy atom.